The third kappa shape index (κ3) is 2.85. The molecule has 0 heterocycles. The van der Waals surface area contributed by atoms with Crippen molar-refractivity contribution in [3.05, 3.63) is 22.8 Å². The molecule has 0 amide bonds. The molecule has 0 fully saturated rings. The zero-order valence-electron chi connectivity index (χ0n) is 9.00. The van der Waals surface area contributed by atoms with Crippen molar-refractivity contribution >= 4 is 5.69 Å². The van der Waals surface area contributed by atoms with Gasteiger partial charge in [0.05, 0.1) is 11.1 Å². The Balaban J connectivity index is 3.88. The highest BCUT2D eigenvalue weighted by Gasteiger charge is 2.50. The van der Waals surface area contributed by atoms with E-state index in [-0.39, 0.29) is 0 Å². The molecule has 0 saturated carbocycles. The van der Waals surface area contributed by atoms with Crippen LogP contribution in [0.1, 0.15) is 16.7 Å². The van der Waals surface area contributed by atoms with E-state index < -0.39 is 52.7 Å². The fourth-order valence-electron chi connectivity index (χ4n) is 1.49. The van der Waals surface area contributed by atoms with Crippen LogP contribution in [0.2, 0.25) is 0 Å². The third-order valence-corrected chi connectivity index (χ3v) is 2.20. The van der Waals surface area contributed by atoms with E-state index in [4.69, 9.17) is 5.11 Å². The first-order valence-electron chi connectivity index (χ1n) is 4.54. The van der Waals surface area contributed by atoms with Gasteiger partial charge in [-0.1, -0.05) is 0 Å². The second-order valence-corrected chi connectivity index (χ2v) is 3.61. The van der Waals surface area contributed by atoms with E-state index >= 15 is 0 Å². The first-order chi connectivity index (χ1) is 8.67. The molecule has 0 radical (unpaired) electrons. The van der Waals surface area contributed by atoms with Crippen LogP contribution in [-0.2, 0) is 18.5 Å². The van der Waals surface area contributed by atoms with E-state index in [0.717, 1.165) is 0 Å². The van der Waals surface area contributed by atoms with Crippen molar-refractivity contribution in [1.29, 1.82) is 0 Å². The van der Waals surface area contributed by atoms with Gasteiger partial charge >= 0.3 is 18.5 Å². The topological polar surface area (TPSA) is 46.2 Å². The van der Waals surface area contributed by atoms with Crippen LogP contribution in [0.25, 0.3) is 0 Å². The molecular weight excluding hydrogens is 309 g/mol. The van der Waals surface area contributed by atoms with Crippen molar-refractivity contribution in [2.45, 2.75) is 18.5 Å². The number of alkyl halides is 9. The van der Waals surface area contributed by atoms with Crippen molar-refractivity contribution in [2.24, 2.45) is 0 Å². The van der Waals surface area contributed by atoms with E-state index in [1.54, 1.807) is 0 Å². The van der Waals surface area contributed by atoms with Crippen LogP contribution in [0.15, 0.2) is 6.07 Å². The largest absolute Gasteiger partial charge is 0.507 e. The summed E-state index contributed by atoms with van der Waals surface area (Å²) in [4.78, 5) is 0. The highest BCUT2D eigenvalue weighted by atomic mass is 19.4. The Labute approximate surface area is 104 Å². The minimum atomic E-state index is -5.87. The van der Waals surface area contributed by atoms with E-state index in [1.807, 2.05) is 0 Å². The molecule has 0 aliphatic heterocycles. The molecule has 1 aromatic carbocycles. The quantitative estimate of drug-likeness (QED) is 0.431. The van der Waals surface area contributed by atoms with Gasteiger partial charge in [-0.15, -0.1) is 0 Å². The molecule has 0 saturated heterocycles. The Kier molecular flexibility index (Phi) is 3.53. The van der Waals surface area contributed by atoms with Crippen LogP contribution in [0.5, 0.6) is 5.75 Å². The normalized spacial score (nSPS) is 13.7. The fourth-order valence-corrected chi connectivity index (χ4v) is 1.49. The zero-order valence-corrected chi connectivity index (χ0v) is 9.00. The Hall–Kier alpha value is -1.81. The van der Waals surface area contributed by atoms with Crippen molar-refractivity contribution in [3.8, 4) is 5.75 Å². The first kappa shape index (κ1) is 16.2. The van der Waals surface area contributed by atoms with Gasteiger partial charge in [-0.05, 0) is 6.07 Å². The Morgan fingerprint density at radius 2 is 1.15 bits per heavy atom. The lowest BCUT2D eigenvalue weighted by Crippen LogP contribution is -2.21. The maximum absolute atomic E-state index is 12.5. The summed E-state index contributed by atoms with van der Waals surface area (Å²) in [5.41, 5.74) is -4.86. The number of halogens is 9. The average Bonchev–Trinajstić information content (AvgIpc) is 2.14. The van der Waals surface area contributed by atoms with Crippen LogP contribution in [-0.4, -0.2) is 5.11 Å². The lowest BCUT2D eigenvalue weighted by atomic mass is 9.98. The van der Waals surface area contributed by atoms with Crippen LogP contribution in [0.4, 0.5) is 45.2 Å². The van der Waals surface area contributed by atoms with E-state index in [0.29, 0.717) is 0 Å². The fraction of sp³-hybridized carbons (Fsp3) is 0.333. The van der Waals surface area contributed by atoms with E-state index in [9.17, 15) is 39.5 Å². The van der Waals surface area contributed by atoms with Crippen LogP contribution in [0, 0.1) is 0 Å². The molecule has 3 N–H and O–H groups in total. The van der Waals surface area contributed by atoms with Gasteiger partial charge in [0, 0.05) is 5.69 Å². The molecule has 20 heavy (non-hydrogen) atoms. The van der Waals surface area contributed by atoms with Gasteiger partial charge in [0.15, 0.2) is 0 Å². The monoisotopic (exact) mass is 313 g/mol. The highest BCUT2D eigenvalue weighted by molar-refractivity contribution is 5.62. The molecule has 0 aliphatic rings. The van der Waals surface area contributed by atoms with Crippen LogP contribution in [0.3, 0.4) is 0 Å². The maximum Gasteiger partial charge on any atom is 0.420 e. The average molecular weight is 313 g/mol. The zero-order chi connectivity index (χ0) is 16.1. The molecule has 0 aliphatic carbocycles. The number of phenols is 1. The van der Waals surface area contributed by atoms with Crippen molar-refractivity contribution in [3.63, 3.8) is 0 Å². The van der Waals surface area contributed by atoms with Crippen molar-refractivity contribution in [2.75, 3.05) is 5.73 Å². The molecule has 0 unspecified atom stereocenters. The second kappa shape index (κ2) is 4.35. The predicted octanol–water partition coefficient (Wildman–Crippen LogP) is 4.03. The number of benzene rings is 1. The summed E-state index contributed by atoms with van der Waals surface area (Å²) in [7, 11) is 0. The number of rotatable bonds is 0. The minimum Gasteiger partial charge on any atom is -0.507 e. The molecule has 2 nitrogen and oxygen atoms in total. The van der Waals surface area contributed by atoms with Gasteiger partial charge in [-0.2, -0.15) is 39.5 Å². The molecule has 11 heteroatoms. The summed E-state index contributed by atoms with van der Waals surface area (Å²) in [6.07, 6.45) is -17.1. The van der Waals surface area contributed by atoms with Gasteiger partial charge in [-0.25, -0.2) is 0 Å². The van der Waals surface area contributed by atoms with E-state index in [1.165, 1.54) is 0 Å². The summed E-state index contributed by atoms with van der Waals surface area (Å²) in [6, 6.07) is -0.395. The molecule has 0 spiro atoms. The standard InChI is InChI=1S/C9H4F9NO/c10-7(11,12)2-1-3(19)4(8(13,14)15)5(6(2)20)9(16,17)18/h1,20H,19H2. The molecule has 1 aromatic rings. The number of nitrogens with two attached hydrogens (primary N) is 1. The smallest absolute Gasteiger partial charge is 0.420 e. The number of anilines is 1. The number of hydrogen-bond donors (Lipinski definition) is 2. The molecule has 0 aromatic heterocycles. The molecule has 0 atom stereocenters. The first-order valence-corrected chi connectivity index (χ1v) is 4.54. The molecule has 1 rings (SSSR count). The Morgan fingerprint density at radius 1 is 0.750 bits per heavy atom. The second-order valence-electron chi connectivity index (χ2n) is 3.61. The summed E-state index contributed by atoms with van der Waals surface area (Å²) < 4.78 is 112. The van der Waals surface area contributed by atoms with Gasteiger partial charge < -0.3 is 10.8 Å². The lowest BCUT2D eigenvalue weighted by Gasteiger charge is -2.21. The SMILES string of the molecule is Nc1cc(C(F)(F)F)c(O)c(C(F)(F)F)c1C(F)(F)F. The van der Waals surface area contributed by atoms with Gasteiger partial charge in [0.2, 0.25) is 0 Å². The van der Waals surface area contributed by atoms with Crippen LogP contribution >= 0.6 is 0 Å². The molecule has 114 valence electrons. The third-order valence-electron chi connectivity index (χ3n) is 2.20. The Bertz CT molecular complexity index is 526. The molecular formula is C9H4F9NO. The predicted molar refractivity (Wildman–Crippen MR) is 47.5 cm³/mol. The van der Waals surface area contributed by atoms with Crippen molar-refractivity contribution in [1.82, 2.24) is 0 Å². The summed E-state index contributed by atoms with van der Waals surface area (Å²) in [6.45, 7) is 0. The van der Waals surface area contributed by atoms with Gasteiger partial charge in [0.1, 0.15) is 11.3 Å². The van der Waals surface area contributed by atoms with Gasteiger partial charge in [0.25, 0.3) is 0 Å². The van der Waals surface area contributed by atoms with Crippen molar-refractivity contribution < 1.29 is 44.6 Å². The lowest BCUT2D eigenvalue weighted by molar-refractivity contribution is -0.164. The number of phenolic OH excluding ortho intramolecular Hbond substituents is 1. The number of aromatic hydroxyl groups is 1. The summed E-state index contributed by atoms with van der Waals surface area (Å²) >= 11 is 0. The minimum absolute atomic E-state index is 0.395. The molecule has 0 bridgehead atoms. The maximum atomic E-state index is 12.5. The van der Waals surface area contributed by atoms with Crippen LogP contribution < -0.4 is 5.73 Å². The van der Waals surface area contributed by atoms with E-state index in [2.05, 4.69) is 5.73 Å². The highest BCUT2D eigenvalue weighted by Crippen LogP contribution is 2.51. The summed E-state index contributed by atoms with van der Waals surface area (Å²) in [5.74, 6) is -2.56. The summed E-state index contributed by atoms with van der Waals surface area (Å²) in [5, 5.41) is 8.93. The number of hydrogen-bond acceptors (Lipinski definition) is 2. The number of nitrogen functional groups attached to an aromatic ring is 1. The van der Waals surface area contributed by atoms with Gasteiger partial charge in [-0.3, -0.25) is 0 Å². The Morgan fingerprint density at radius 3 is 1.45 bits per heavy atom.